The van der Waals surface area contributed by atoms with Gasteiger partial charge in [0.1, 0.15) is 0 Å². The van der Waals surface area contributed by atoms with Crippen LogP contribution in [-0.4, -0.2) is 30.7 Å². The standard InChI is InChI=1S/C14H17FN2O/c1-10-8-11-4-2-3-5-12(11)17(10)13(18)14(15)6-7-16-9-14/h2-5,10,16H,6-9H2,1H3/t10-,14-/m0/s1. The lowest BCUT2D eigenvalue weighted by Gasteiger charge is -2.29. The summed E-state index contributed by atoms with van der Waals surface area (Å²) in [6.45, 7) is 2.69. The van der Waals surface area contributed by atoms with Gasteiger partial charge in [-0.1, -0.05) is 18.2 Å². The second kappa shape index (κ2) is 4.05. The minimum Gasteiger partial charge on any atom is -0.313 e. The third kappa shape index (κ3) is 1.63. The molecular weight excluding hydrogens is 231 g/mol. The molecular formula is C14H17FN2O. The van der Waals surface area contributed by atoms with Gasteiger partial charge >= 0.3 is 0 Å². The molecule has 18 heavy (non-hydrogen) atoms. The van der Waals surface area contributed by atoms with Gasteiger partial charge < -0.3 is 10.2 Å². The molecule has 0 radical (unpaired) electrons. The van der Waals surface area contributed by atoms with Crippen LogP contribution in [-0.2, 0) is 11.2 Å². The molecule has 1 saturated heterocycles. The predicted molar refractivity (Wildman–Crippen MR) is 68.4 cm³/mol. The van der Waals surface area contributed by atoms with Crippen LogP contribution in [0.15, 0.2) is 24.3 Å². The van der Waals surface area contributed by atoms with Crippen molar-refractivity contribution in [2.75, 3.05) is 18.0 Å². The lowest BCUT2D eigenvalue weighted by molar-refractivity contribution is -0.129. The second-order valence-electron chi connectivity index (χ2n) is 5.25. The second-order valence-corrected chi connectivity index (χ2v) is 5.25. The third-order valence-electron chi connectivity index (χ3n) is 3.91. The summed E-state index contributed by atoms with van der Waals surface area (Å²) in [5, 5.41) is 2.93. The number of alkyl halides is 1. The first-order valence-electron chi connectivity index (χ1n) is 6.43. The quantitative estimate of drug-likeness (QED) is 0.820. The number of fused-ring (bicyclic) bond motifs is 1. The summed E-state index contributed by atoms with van der Waals surface area (Å²) in [5.41, 5.74) is 0.276. The van der Waals surface area contributed by atoms with E-state index in [0.29, 0.717) is 6.54 Å². The van der Waals surface area contributed by atoms with Crippen LogP contribution in [0.25, 0.3) is 0 Å². The van der Waals surface area contributed by atoms with E-state index < -0.39 is 5.67 Å². The fourth-order valence-electron chi connectivity index (χ4n) is 2.93. The number of anilines is 1. The zero-order valence-electron chi connectivity index (χ0n) is 10.4. The molecule has 0 aromatic heterocycles. The molecule has 1 aromatic carbocycles. The smallest absolute Gasteiger partial charge is 0.266 e. The molecule has 0 spiro atoms. The first-order valence-corrected chi connectivity index (χ1v) is 6.43. The highest BCUT2D eigenvalue weighted by Crippen LogP contribution is 2.35. The largest absolute Gasteiger partial charge is 0.313 e. The van der Waals surface area contributed by atoms with Crippen molar-refractivity contribution in [3.8, 4) is 0 Å². The van der Waals surface area contributed by atoms with Crippen LogP contribution in [0.2, 0.25) is 0 Å². The van der Waals surface area contributed by atoms with Gasteiger partial charge in [0.15, 0.2) is 0 Å². The van der Waals surface area contributed by atoms with E-state index in [1.165, 1.54) is 0 Å². The van der Waals surface area contributed by atoms with Crippen molar-refractivity contribution in [2.24, 2.45) is 0 Å². The maximum absolute atomic E-state index is 14.6. The number of halogens is 1. The van der Waals surface area contributed by atoms with Gasteiger partial charge in [-0.2, -0.15) is 0 Å². The lowest BCUT2D eigenvalue weighted by Crippen LogP contribution is -2.49. The van der Waals surface area contributed by atoms with E-state index in [1.807, 2.05) is 31.2 Å². The summed E-state index contributed by atoms with van der Waals surface area (Å²) in [5.74, 6) is -0.384. The summed E-state index contributed by atoms with van der Waals surface area (Å²) in [4.78, 5) is 14.1. The van der Waals surface area contributed by atoms with Crippen LogP contribution >= 0.6 is 0 Å². The van der Waals surface area contributed by atoms with Crippen LogP contribution in [0.5, 0.6) is 0 Å². The number of hydrogen-bond donors (Lipinski definition) is 1. The first-order chi connectivity index (χ1) is 8.62. The Bertz CT molecular complexity index is 482. The van der Waals surface area contributed by atoms with E-state index in [-0.39, 0.29) is 24.9 Å². The summed E-state index contributed by atoms with van der Waals surface area (Å²) >= 11 is 0. The van der Waals surface area contributed by atoms with Gasteiger partial charge in [-0.3, -0.25) is 4.79 Å². The highest BCUT2D eigenvalue weighted by atomic mass is 19.1. The predicted octanol–water partition coefficient (Wildman–Crippen LogP) is 1.67. The van der Waals surface area contributed by atoms with Gasteiger partial charge in [-0.15, -0.1) is 0 Å². The number of nitrogens with zero attached hydrogens (tertiary/aromatic N) is 1. The topological polar surface area (TPSA) is 32.3 Å². The molecule has 4 heteroatoms. The number of nitrogens with one attached hydrogen (secondary N) is 1. The molecule has 3 rings (SSSR count). The average molecular weight is 248 g/mol. The number of carbonyl (C=O) groups is 1. The molecule has 0 aliphatic carbocycles. The minimum absolute atomic E-state index is 0.0446. The molecule has 2 aliphatic heterocycles. The molecule has 2 aliphatic rings. The van der Waals surface area contributed by atoms with Gasteiger partial charge in [-0.05, 0) is 31.5 Å². The first kappa shape index (κ1) is 11.7. The summed E-state index contributed by atoms with van der Waals surface area (Å²) in [7, 11) is 0. The maximum atomic E-state index is 14.6. The van der Waals surface area contributed by atoms with Crippen molar-refractivity contribution in [3.05, 3.63) is 29.8 Å². The molecule has 0 unspecified atom stereocenters. The molecule has 96 valence electrons. The summed E-state index contributed by atoms with van der Waals surface area (Å²) in [6, 6.07) is 7.82. The minimum atomic E-state index is -1.73. The van der Waals surface area contributed by atoms with Crippen molar-refractivity contribution in [1.29, 1.82) is 0 Å². The van der Waals surface area contributed by atoms with E-state index in [2.05, 4.69) is 5.32 Å². The maximum Gasteiger partial charge on any atom is 0.266 e. The van der Waals surface area contributed by atoms with Crippen molar-refractivity contribution >= 4 is 11.6 Å². The molecule has 1 fully saturated rings. The van der Waals surface area contributed by atoms with Crippen LogP contribution < -0.4 is 10.2 Å². The Kier molecular flexibility index (Phi) is 2.63. The van der Waals surface area contributed by atoms with Crippen molar-refractivity contribution in [2.45, 2.75) is 31.5 Å². The van der Waals surface area contributed by atoms with Crippen LogP contribution in [0.4, 0.5) is 10.1 Å². The van der Waals surface area contributed by atoms with Crippen molar-refractivity contribution < 1.29 is 9.18 Å². The van der Waals surface area contributed by atoms with Gasteiger partial charge in [0.25, 0.3) is 5.91 Å². The fourth-order valence-corrected chi connectivity index (χ4v) is 2.93. The van der Waals surface area contributed by atoms with E-state index in [9.17, 15) is 9.18 Å². The molecule has 1 aromatic rings. The summed E-state index contributed by atoms with van der Waals surface area (Å²) in [6.07, 6.45) is 1.09. The number of amides is 1. The van der Waals surface area contributed by atoms with Gasteiger partial charge in [0.05, 0.1) is 0 Å². The fraction of sp³-hybridized carbons (Fsp3) is 0.500. The highest BCUT2D eigenvalue weighted by Gasteiger charge is 2.47. The van der Waals surface area contributed by atoms with Crippen molar-refractivity contribution in [1.82, 2.24) is 5.32 Å². The number of para-hydroxylation sites is 1. The van der Waals surface area contributed by atoms with E-state index in [1.54, 1.807) is 4.90 Å². The number of hydrogen-bond acceptors (Lipinski definition) is 2. The molecule has 1 N–H and O–H groups in total. The van der Waals surface area contributed by atoms with Gasteiger partial charge in [0, 0.05) is 24.7 Å². The number of rotatable bonds is 1. The van der Waals surface area contributed by atoms with Crippen LogP contribution in [0.1, 0.15) is 18.9 Å². The Balaban J connectivity index is 1.95. The van der Waals surface area contributed by atoms with Gasteiger partial charge in [-0.25, -0.2) is 4.39 Å². The Labute approximate surface area is 106 Å². The van der Waals surface area contributed by atoms with E-state index >= 15 is 0 Å². The number of carbonyl (C=O) groups excluding carboxylic acids is 1. The molecule has 1 amide bonds. The number of benzene rings is 1. The Hall–Kier alpha value is -1.42. The average Bonchev–Trinajstić information content (AvgIpc) is 2.92. The molecule has 3 nitrogen and oxygen atoms in total. The Morgan fingerprint density at radius 2 is 2.28 bits per heavy atom. The lowest BCUT2D eigenvalue weighted by atomic mass is 10.0. The third-order valence-corrected chi connectivity index (χ3v) is 3.91. The normalized spacial score (nSPS) is 30.6. The van der Waals surface area contributed by atoms with Gasteiger partial charge in [0.2, 0.25) is 5.67 Å². The Morgan fingerprint density at radius 1 is 1.50 bits per heavy atom. The zero-order valence-corrected chi connectivity index (χ0v) is 10.4. The molecule has 0 saturated carbocycles. The monoisotopic (exact) mass is 248 g/mol. The SMILES string of the molecule is C[C@H]1Cc2ccccc2N1C(=O)[C@]1(F)CCNC1. The van der Waals surface area contributed by atoms with E-state index in [0.717, 1.165) is 17.7 Å². The highest BCUT2D eigenvalue weighted by molar-refractivity contribution is 6.02. The van der Waals surface area contributed by atoms with Crippen LogP contribution in [0, 0.1) is 0 Å². The van der Waals surface area contributed by atoms with Crippen LogP contribution in [0.3, 0.4) is 0 Å². The Morgan fingerprint density at radius 3 is 3.00 bits per heavy atom. The molecule has 0 bridgehead atoms. The zero-order chi connectivity index (χ0) is 12.8. The summed E-state index contributed by atoms with van der Waals surface area (Å²) < 4.78 is 14.6. The molecule has 2 atom stereocenters. The van der Waals surface area contributed by atoms with E-state index in [4.69, 9.17) is 0 Å². The van der Waals surface area contributed by atoms with Crippen molar-refractivity contribution in [3.63, 3.8) is 0 Å². The molecule has 2 heterocycles.